The van der Waals surface area contributed by atoms with Gasteiger partial charge in [-0.15, -0.1) is 0 Å². The summed E-state index contributed by atoms with van der Waals surface area (Å²) in [5.41, 5.74) is 1.81. The van der Waals surface area contributed by atoms with Crippen LogP contribution >= 0.6 is 0 Å². The van der Waals surface area contributed by atoms with Gasteiger partial charge in [0.15, 0.2) is 0 Å². The molecule has 1 fully saturated rings. The Kier molecular flexibility index (Phi) is 3.24. The Labute approximate surface area is 132 Å². The van der Waals surface area contributed by atoms with Gasteiger partial charge in [-0.05, 0) is 51.2 Å². The highest BCUT2D eigenvalue weighted by Crippen LogP contribution is 2.42. The Hall–Kier alpha value is -1.64. The number of para-hydroxylation sites is 1. The predicted octanol–water partition coefficient (Wildman–Crippen LogP) is 4.33. The fraction of sp³-hybridized carbons (Fsp3) is 0.579. The first-order valence-electron chi connectivity index (χ1n) is 8.17. The van der Waals surface area contributed by atoms with Crippen LogP contribution in [0.2, 0.25) is 0 Å². The molecular formula is C19H26N2O. The molecule has 0 saturated heterocycles. The van der Waals surface area contributed by atoms with Crippen LogP contribution in [-0.4, -0.2) is 9.55 Å². The number of benzene rings is 1. The van der Waals surface area contributed by atoms with Gasteiger partial charge < -0.3 is 0 Å². The average Bonchev–Trinajstić information content (AvgIpc) is 3.19. The van der Waals surface area contributed by atoms with E-state index in [1.807, 2.05) is 16.7 Å². The second-order valence-corrected chi connectivity index (χ2v) is 8.51. The maximum atomic E-state index is 13.2. The molecule has 3 rings (SSSR count). The summed E-state index contributed by atoms with van der Waals surface area (Å²) in [6.45, 7) is 12.6. The highest BCUT2D eigenvalue weighted by Gasteiger charge is 2.31. The maximum absolute atomic E-state index is 13.2. The van der Waals surface area contributed by atoms with Gasteiger partial charge in [0, 0.05) is 11.0 Å². The van der Waals surface area contributed by atoms with Gasteiger partial charge in [0.1, 0.15) is 5.82 Å². The molecule has 1 aliphatic carbocycles. The lowest BCUT2D eigenvalue weighted by Crippen LogP contribution is -2.40. The van der Waals surface area contributed by atoms with Crippen molar-refractivity contribution in [3.63, 3.8) is 0 Å². The molecule has 0 bridgehead atoms. The van der Waals surface area contributed by atoms with Crippen LogP contribution in [0, 0.1) is 0 Å². The normalized spacial score (nSPS) is 16.3. The van der Waals surface area contributed by atoms with Gasteiger partial charge in [0.25, 0.3) is 5.56 Å². The number of aromatic nitrogens is 2. The molecule has 3 heteroatoms. The molecule has 0 radical (unpaired) electrons. The van der Waals surface area contributed by atoms with Crippen LogP contribution in [0.1, 0.15) is 71.7 Å². The van der Waals surface area contributed by atoms with Gasteiger partial charge in [-0.1, -0.05) is 32.9 Å². The zero-order valence-corrected chi connectivity index (χ0v) is 14.5. The molecule has 1 aromatic heterocycles. The van der Waals surface area contributed by atoms with Gasteiger partial charge >= 0.3 is 0 Å². The number of nitrogens with zero attached hydrogens (tertiary/aromatic N) is 2. The number of rotatable bonds is 1. The predicted molar refractivity (Wildman–Crippen MR) is 91.7 cm³/mol. The Morgan fingerprint density at radius 3 is 2.23 bits per heavy atom. The van der Waals surface area contributed by atoms with Crippen molar-refractivity contribution >= 4 is 10.9 Å². The summed E-state index contributed by atoms with van der Waals surface area (Å²) < 4.78 is 1.88. The SMILES string of the molecule is CC(C)(C)c1nc2c(C3CC3)cccc2c(=O)n1C(C)(C)C. The summed E-state index contributed by atoms with van der Waals surface area (Å²) in [5, 5.41) is 0.757. The lowest BCUT2D eigenvalue weighted by molar-refractivity contribution is 0.338. The molecule has 3 nitrogen and oxygen atoms in total. The van der Waals surface area contributed by atoms with E-state index in [1.54, 1.807) is 0 Å². The highest BCUT2D eigenvalue weighted by atomic mass is 16.1. The molecular weight excluding hydrogens is 272 g/mol. The third-order valence-corrected chi connectivity index (χ3v) is 4.29. The van der Waals surface area contributed by atoms with Gasteiger partial charge in [0.2, 0.25) is 0 Å². The minimum absolute atomic E-state index is 0.0879. The van der Waals surface area contributed by atoms with Crippen LogP contribution in [0.4, 0.5) is 0 Å². The Bertz CT molecular complexity index is 784. The highest BCUT2D eigenvalue weighted by molar-refractivity contribution is 5.82. The van der Waals surface area contributed by atoms with Crippen molar-refractivity contribution in [1.82, 2.24) is 9.55 Å². The molecule has 1 heterocycles. The number of hydrogen-bond acceptors (Lipinski definition) is 2. The van der Waals surface area contributed by atoms with E-state index < -0.39 is 0 Å². The molecule has 0 amide bonds. The second-order valence-electron chi connectivity index (χ2n) is 8.51. The van der Waals surface area contributed by atoms with Crippen LogP contribution in [-0.2, 0) is 11.0 Å². The molecule has 0 N–H and O–H groups in total. The van der Waals surface area contributed by atoms with Gasteiger partial charge in [-0.25, -0.2) is 4.98 Å². The Balaban J connectivity index is 2.45. The van der Waals surface area contributed by atoms with E-state index in [0.717, 1.165) is 16.7 Å². The molecule has 0 spiro atoms. The zero-order chi connectivity index (χ0) is 16.3. The summed E-state index contributed by atoms with van der Waals surface area (Å²) in [4.78, 5) is 18.2. The number of fused-ring (bicyclic) bond motifs is 1. The van der Waals surface area contributed by atoms with Crippen LogP contribution in [0.5, 0.6) is 0 Å². The molecule has 0 aliphatic heterocycles. The third-order valence-electron chi connectivity index (χ3n) is 4.29. The minimum Gasteiger partial charge on any atom is -0.290 e. The molecule has 1 saturated carbocycles. The third kappa shape index (κ3) is 2.47. The van der Waals surface area contributed by atoms with Gasteiger partial charge in [-0.2, -0.15) is 0 Å². The summed E-state index contributed by atoms with van der Waals surface area (Å²) in [7, 11) is 0. The molecule has 1 aliphatic rings. The van der Waals surface area contributed by atoms with E-state index >= 15 is 0 Å². The molecule has 118 valence electrons. The summed E-state index contributed by atoms with van der Waals surface area (Å²) in [6, 6.07) is 6.06. The van der Waals surface area contributed by atoms with Crippen LogP contribution in [0.3, 0.4) is 0 Å². The molecule has 1 aromatic carbocycles. The van der Waals surface area contributed by atoms with Crippen molar-refractivity contribution < 1.29 is 0 Å². The van der Waals surface area contributed by atoms with Crippen molar-refractivity contribution in [3.8, 4) is 0 Å². The van der Waals surface area contributed by atoms with Crippen molar-refractivity contribution in [1.29, 1.82) is 0 Å². The minimum atomic E-state index is -0.281. The molecule has 0 unspecified atom stereocenters. The first kappa shape index (κ1) is 15.3. The summed E-state index contributed by atoms with van der Waals surface area (Å²) in [5.74, 6) is 1.47. The molecule has 22 heavy (non-hydrogen) atoms. The van der Waals surface area contributed by atoms with E-state index in [-0.39, 0.29) is 16.5 Å². The topological polar surface area (TPSA) is 34.9 Å². The van der Waals surface area contributed by atoms with E-state index in [0.29, 0.717) is 5.92 Å². The Morgan fingerprint density at radius 1 is 1.09 bits per heavy atom. The second kappa shape index (κ2) is 4.68. The maximum Gasteiger partial charge on any atom is 0.261 e. The lowest BCUT2D eigenvalue weighted by atomic mass is 9.92. The van der Waals surface area contributed by atoms with E-state index in [1.165, 1.54) is 18.4 Å². The zero-order valence-electron chi connectivity index (χ0n) is 14.5. The van der Waals surface area contributed by atoms with Gasteiger partial charge in [-0.3, -0.25) is 9.36 Å². The van der Waals surface area contributed by atoms with E-state index in [4.69, 9.17) is 4.98 Å². The van der Waals surface area contributed by atoms with Crippen LogP contribution < -0.4 is 5.56 Å². The van der Waals surface area contributed by atoms with Crippen molar-refractivity contribution in [2.75, 3.05) is 0 Å². The van der Waals surface area contributed by atoms with Gasteiger partial charge in [0.05, 0.1) is 10.9 Å². The lowest BCUT2D eigenvalue weighted by Gasteiger charge is -2.31. The smallest absolute Gasteiger partial charge is 0.261 e. The van der Waals surface area contributed by atoms with Crippen LogP contribution in [0.25, 0.3) is 10.9 Å². The largest absolute Gasteiger partial charge is 0.290 e. The fourth-order valence-corrected chi connectivity index (χ4v) is 3.08. The molecule has 0 atom stereocenters. The summed E-state index contributed by atoms with van der Waals surface area (Å²) in [6.07, 6.45) is 2.43. The number of hydrogen-bond donors (Lipinski definition) is 0. The monoisotopic (exact) mass is 298 g/mol. The Morgan fingerprint density at radius 2 is 1.73 bits per heavy atom. The standard InChI is InChI=1S/C19H26N2O/c1-18(2,3)17-20-15-13(12-10-11-12)8-7-9-14(15)16(22)21(17)19(4,5)6/h7-9,12H,10-11H2,1-6H3. The fourth-order valence-electron chi connectivity index (χ4n) is 3.08. The van der Waals surface area contributed by atoms with Crippen LogP contribution in [0.15, 0.2) is 23.0 Å². The van der Waals surface area contributed by atoms with Crippen molar-refractivity contribution in [2.24, 2.45) is 0 Å². The average molecular weight is 298 g/mol. The first-order valence-corrected chi connectivity index (χ1v) is 8.17. The quantitative estimate of drug-likeness (QED) is 0.785. The summed E-state index contributed by atoms with van der Waals surface area (Å²) >= 11 is 0. The van der Waals surface area contributed by atoms with Crippen molar-refractivity contribution in [3.05, 3.63) is 39.9 Å². The molecule has 2 aromatic rings. The van der Waals surface area contributed by atoms with E-state index in [2.05, 4.69) is 47.6 Å². The van der Waals surface area contributed by atoms with E-state index in [9.17, 15) is 4.79 Å². The first-order chi connectivity index (χ1) is 10.1. The van der Waals surface area contributed by atoms with Crippen molar-refractivity contribution in [2.45, 2.75) is 71.3 Å².